The molecule has 4 amide bonds. The molecule has 1 aliphatic rings. The van der Waals surface area contributed by atoms with Gasteiger partial charge in [-0.25, -0.2) is 9.18 Å². The van der Waals surface area contributed by atoms with E-state index in [4.69, 9.17) is 0 Å². The van der Waals surface area contributed by atoms with E-state index in [0.29, 0.717) is 5.56 Å². The minimum atomic E-state index is -1.35. The van der Waals surface area contributed by atoms with Crippen molar-refractivity contribution in [1.29, 1.82) is 0 Å². The second kappa shape index (κ2) is 7.29. The molecule has 1 aromatic carbocycles. The first-order chi connectivity index (χ1) is 11.8. The highest BCUT2D eigenvalue weighted by Crippen LogP contribution is 2.32. The molecule has 25 heavy (non-hydrogen) atoms. The van der Waals surface area contributed by atoms with Crippen LogP contribution in [0.2, 0.25) is 0 Å². The number of carbonyl (C=O) groups excluding carboxylic acids is 4. The van der Waals surface area contributed by atoms with E-state index in [2.05, 4.69) is 15.4 Å². The number of benzene rings is 1. The molecule has 0 saturated carbocycles. The van der Waals surface area contributed by atoms with Crippen LogP contribution in [-0.2, 0) is 24.7 Å². The number of nitrogens with one attached hydrogen (secondary N) is 2. The van der Waals surface area contributed by atoms with Crippen LogP contribution in [0.1, 0.15) is 18.9 Å². The molecule has 0 aromatic heterocycles. The van der Waals surface area contributed by atoms with Crippen molar-refractivity contribution in [2.24, 2.45) is 0 Å². The Bertz CT molecular complexity index is 706. The third-order valence-electron chi connectivity index (χ3n) is 4.00. The molecule has 1 aliphatic heterocycles. The van der Waals surface area contributed by atoms with E-state index in [-0.39, 0.29) is 13.0 Å². The quantitative estimate of drug-likeness (QED) is 0.565. The number of nitrogens with zero attached hydrogens (tertiary/aromatic N) is 1. The predicted octanol–water partition coefficient (Wildman–Crippen LogP) is 0.272. The second-order valence-electron chi connectivity index (χ2n) is 5.44. The fourth-order valence-electron chi connectivity index (χ4n) is 2.59. The highest BCUT2D eigenvalue weighted by atomic mass is 19.1. The van der Waals surface area contributed by atoms with Crippen LogP contribution in [-0.4, -0.2) is 48.9 Å². The van der Waals surface area contributed by atoms with Crippen LogP contribution in [0.3, 0.4) is 0 Å². The number of hydrogen-bond donors (Lipinski definition) is 2. The van der Waals surface area contributed by atoms with Gasteiger partial charge < -0.3 is 15.4 Å². The molecule has 0 unspecified atom stereocenters. The van der Waals surface area contributed by atoms with E-state index in [1.165, 1.54) is 31.4 Å². The molecule has 9 heteroatoms. The summed E-state index contributed by atoms with van der Waals surface area (Å²) >= 11 is 0. The first-order valence-electron chi connectivity index (χ1n) is 7.57. The van der Waals surface area contributed by atoms with Gasteiger partial charge in [0.05, 0.1) is 7.11 Å². The summed E-state index contributed by atoms with van der Waals surface area (Å²) in [5, 5.41) is 4.83. The summed E-state index contributed by atoms with van der Waals surface area (Å²) < 4.78 is 17.5. The number of halogens is 1. The summed E-state index contributed by atoms with van der Waals surface area (Å²) in [5.41, 5.74) is -0.930. The van der Waals surface area contributed by atoms with Gasteiger partial charge in [0.15, 0.2) is 0 Å². The molecule has 1 saturated heterocycles. The smallest absolute Gasteiger partial charge is 0.325 e. The van der Waals surface area contributed by atoms with Gasteiger partial charge in [0, 0.05) is 0 Å². The Morgan fingerprint density at radius 3 is 2.48 bits per heavy atom. The Balaban J connectivity index is 2.16. The van der Waals surface area contributed by atoms with Crippen molar-refractivity contribution in [1.82, 2.24) is 15.5 Å². The van der Waals surface area contributed by atoms with Gasteiger partial charge in [-0.05, 0) is 24.1 Å². The molecule has 2 N–H and O–H groups in total. The number of methoxy groups -OCH3 is 1. The number of ether oxygens (including phenoxy) is 1. The maximum absolute atomic E-state index is 13.1. The van der Waals surface area contributed by atoms with Gasteiger partial charge in [-0.2, -0.15) is 0 Å². The number of hydrogen-bond acceptors (Lipinski definition) is 5. The molecule has 1 atom stereocenters. The largest absolute Gasteiger partial charge is 0.468 e. The molecule has 134 valence electrons. The van der Waals surface area contributed by atoms with E-state index in [1.54, 1.807) is 6.92 Å². The molecular weight excluding hydrogens is 333 g/mol. The summed E-state index contributed by atoms with van der Waals surface area (Å²) in [6.07, 6.45) is 0.226. The summed E-state index contributed by atoms with van der Waals surface area (Å²) in [7, 11) is 1.17. The molecular formula is C16H18FN3O5. The number of urea groups is 1. The zero-order valence-corrected chi connectivity index (χ0v) is 13.8. The molecule has 8 nitrogen and oxygen atoms in total. The molecule has 0 spiro atoms. The molecule has 0 radical (unpaired) electrons. The van der Waals surface area contributed by atoms with Gasteiger partial charge in [0.1, 0.15) is 24.4 Å². The Morgan fingerprint density at radius 2 is 1.92 bits per heavy atom. The summed E-state index contributed by atoms with van der Waals surface area (Å²) in [4.78, 5) is 48.6. The van der Waals surface area contributed by atoms with Crippen LogP contribution in [0, 0.1) is 5.82 Å². The zero-order valence-electron chi connectivity index (χ0n) is 13.8. The van der Waals surface area contributed by atoms with Crippen molar-refractivity contribution in [2.75, 3.05) is 20.2 Å². The second-order valence-corrected chi connectivity index (χ2v) is 5.44. The summed E-state index contributed by atoms with van der Waals surface area (Å²) in [6, 6.07) is 4.48. The van der Waals surface area contributed by atoms with Crippen molar-refractivity contribution in [3.05, 3.63) is 35.6 Å². The van der Waals surface area contributed by atoms with Gasteiger partial charge in [0.25, 0.3) is 5.91 Å². The molecule has 2 rings (SSSR count). The fourth-order valence-corrected chi connectivity index (χ4v) is 2.59. The van der Waals surface area contributed by atoms with E-state index < -0.39 is 41.7 Å². The summed E-state index contributed by atoms with van der Waals surface area (Å²) in [5.74, 6) is -2.41. The van der Waals surface area contributed by atoms with Crippen LogP contribution in [0.4, 0.5) is 9.18 Å². The lowest BCUT2D eigenvalue weighted by atomic mass is 9.87. The number of carbonyl (C=O) groups is 4. The van der Waals surface area contributed by atoms with Gasteiger partial charge in [-0.1, -0.05) is 19.1 Å². The SMILES string of the molecule is CC[C@@]1(c2ccc(F)cc2)NC(=O)N(CC(=O)NCC(=O)OC)C1=O. The summed E-state index contributed by atoms with van der Waals surface area (Å²) in [6.45, 7) is 0.794. The fraction of sp³-hybridized carbons (Fsp3) is 0.375. The van der Waals surface area contributed by atoms with Crippen molar-refractivity contribution < 1.29 is 28.3 Å². The van der Waals surface area contributed by atoms with Gasteiger partial charge in [0.2, 0.25) is 5.91 Å². The van der Waals surface area contributed by atoms with Crippen molar-refractivity contribution in [2.45, 2.75) is 18.9 Å². The normalized spacial score (nSPS) is 19.6. The third kappa shape index (κ3) is 3.59. The Kier molecular flexibility index (Phi) is 5.35. The van der Waals surface area contributed by atoms with Gasteiger partial charge in [-0.3, -0.25) is 19.3 Å². The topological polar surface area (TPSA) is 105 Å². The van der Waals surface area contributed by atoms with E-state index >= 15 is 0 Å². The van der Waals surface area contributed by atoms with Crippen molar-refractivity contribution >= 4 is 23.8 Å². The van der Waals surface area contributed by atoms with Crippen LogP contribution < -0.4 is 10.6 Å². The predicted molar refractivity (Wildman–Crippen MR) is 83.6 cm³/mol. The van der Waals surface area contributed by atoms with Gasteiger partial charge >= 0.3 is 12.0 Å². The Morgan fingerprint density at radius 1 is 1.28 bits per heavy atom. The average Bonchev–Trinajstić information content (AvgIpc) is 2.85. The number of amides is 4. The molecule has 1 heterocycles. The third-order valence-corrected chi connectivity index (χ3v) is 4.00. The van der Waals surface area contributed by atoms with E-state index in [1.807, 2.05) is 0 Å². The Hall–Kier alpha value is -2.97. The standard InChI is InChI=1S/C16H18FN3O5/c1-3-16(10-4-6-11(17)7-5-10)14(23)20(15(24)19-16)9-12(21)18-8-13(22)25-2/h4-7H,3,8-9H2,1-2H3,(H,18,21)(H,19,24)/t16-/m0/s1. The van der Waals surface area contributed by atoms with Crippen LogP contribution in [0.5, 0.6) is 0 Å². The minimum absolute atomic E-state index is 0.226. The first-order valence-corrected chi connectivity index (χ1v) is 7.57. The Labute approximate surface area is 143 Å². The van der Waals surface area contributed by atoms with Crippen LogP contribution >= 0.6 is 0 Å². The monoisotopic (exact) mass is 351 g/mol. The highest BCUT2D eigenvalue weighted by molar-refractivity contribution is 6.09. The molecule has 1 aromatic rings. The lowest BCUT2D eigenvalue weighted by molar-refractivity contribution is -0.141. The lowest BCUT2D eigenvalue weighted by Crippen LogP contribution is -2.45. The molecule has 1 fully saturated rings. The molecule has 0 aliphatic carbocycles. The number of imide groups is 1. The molecule has 0 bridgehead atoms. The lowest BCUT2D eigenvalue weighted by Gasteiger charge is -2.25. The highest BCUT2D eigenvalue weighted by Gasteiger charge is 2.51. The first kappa shape index (κ1) is 18.4. The number of rotatable bonds is 6. The zero-order chi connectivity index (χ0) is 18.6. The minimum Gasteiger partial charge on any atom is -0.468 e. The number of esters is 1. The van der Waals surface area contributed by atoms with Crippen molar-refractivity contribution in [3.8, 4) is 0 Å². The van der Waals surface area contributed by atoms with E-state index in [0.717, 1.165) is 4.90 Å². The average molecular weight is 351 g/mol. The van der Waals surface area contributed by atoms with Crippen LogP contribution in [0.25, 0.3) is 0 Å². The van der Waals surface area contributed by atoms with Crippen LogP contribution in [0.15, 0.2) is 24.3 Å². The maximum Gasteiger partial charge on any atom is 0.325 e. The van der Waals surface area contributed by atoms with Gasteiger partial charge in [-0.15, -0.1) is 0 Å². The maximum atomic E-state index is 13.1. The van der Waals surface area contributed by atoms with E-state index in [9.17, 15) is 23.6 Å². The van der Waals surface area contributed by atoms with Crippen molar-refractivity contribution in [3.63, 3.8) is 0 Å².